The molecule has 1 saturated heterocycles. The number of sulfonamides is 1. The first kappa shape index (κ1) is 13.5. The molecule has 1 unspecified atom stereocenters. The van der Waals surface area contributed by atoms with Crippen molar-refractivity contribution in [2.45, 2.75) is 37.3 Å². The first-order chi connectivity index (χ1) is 8.66. The Labute approximate surface area is 109 Å². The minimum atomic E-state index is -3.44. The average molecular weight is 269 g/mol. The minimum absolute atomic E-state index is 0.311. The van der Waals surface area contributed by atoms with Gasteiger partial charge in [-0.15, -0.1) is 0 Å². The zero-order chi connectivity index (χ0) is 13.0. The maximum Gasteiger partial charge on any atom is 0.245 e. The molecule has 0 amide bonds. The van der Waals surface area contributed by atoms with Crippen LogP contribution < -0.4 is 0 Å². The van der Waals surface area contributed by atoms with Crippen molar-refractivity contribution >= 4 is 10.0 Å². The lowest BCUT2D eigenvalue weighted by Gasteiger charge is -2.32. The standard InChI is InChI=1S/C13H19NO3S/c1-2-14(13-10-6-7-11-17-13)18(15,16)12-8-4-3-5-9-12/h3-5,8-9,13H,2,6-7,10-11H2,1H3. The fourth-order valence-corrected chi connectivity index (χ4v) is 3.79. The van der Waals surface area contributed by atoms with E-state index in [1.807, 2.05) is 13.0 Å². The van der Waals surface area contributed by atoms with Crippen LogP contribution in [0.15, 0.2) is 35.2 Å². The van der Waals surface area contributed by atoms with Crippen LogP contribution in [-0.2, 0) is 14.8 Å². The van der Waals surface area contributed by atoms with Crippen LogP contribution in [0.2, 0.25) is 0 Å². The second kappa shape index (κ2) is 5.82. The molecule has 4 nitrogen and oxygen atoms in total. The van der Waals surface area contributed by atoms with Gasteiger partial charge in [-0.1, -0.05) is 25.1 Å². The van der Waals surface area contributed by atoms with Crippen molar-refractivity contribution in [2.24, 2.45) is 0 Å². The van der Waals surface area contributed by atoms with Gasteiger partial charge in [0.15, 0.2) is 0 Å². The molecule has 2 rings (SSSR count). The summed E-state index contributed by atoms with van der Waals surface area (Å²) in [5.41, 5.74) is 0. The van der Waals surface area contributed by atoms with Crippen molar-refractivity contribution in [3.05, 3.63) is 30.3 Å². The number of rotatable bonds is 4. The van der Waals surface area contributed by atoms with E-state index in [1.165, 1.54) is 4.31 Å². The number of hydrogen-bond acceptors (Lipinski definition) is 3. The van der Waals surface area contributed by atoms with Crippen molar-refractivity contribution in [1.29, 1.82) is 0 Å². The number of hydrogen-bond donors (Lipinski definition) is 0. The summed E-state index contributed by atoms with van der Waals surface area (Å²) in [6.45, 7) is 2.92. The van der Waals surface area contributed by atoms with Crippen LogP contribution >= 0.6 is 0 Å². The maximum atomic E-state index is 12.5. The molecule has 0 saturated carbocycles. The Balaban J connectivity index is 2.26. The van der Waals surface area contributed by atoms with Crippen LogP contribution in [0.1, 0.15) is 26.2 Å². The summed E-state index contributed by atoms with van der Waals surface area (Å²) in [4.78, 5) is 0.334. The molecule has 1 heterocycles. The molecule has 0 bridgehead atoms. The van der Waals surface area contributed by atoms with Crippen LogP contribution in [0.3, 0.4) is 0 Å². The maximum absolute atomic E-state index is 12.5. The molecule has 1 aromatic carbocycles. The van der Waals surface area contributed by atoms with Gasteiger partial charge in [0.05, 0.1) is 4.90 Å². The molecule has 1 aliphatic rings. The third-order valence-corrected chi connectivity index (χ3v) is 5.12. The Bertz CT molecular complexity index is 466. The summed E-state index contributed by atoms with van der Waals surface area (Å²) in [5.74, 6) is 0. The van der Waals surface area contributed by atoms with Gasteiger partial charge in [-0.3, -0.25) is 0 Å². The summed E-state index contributed by atoms with van der Waals surface area (Å²) in [5, 5.41) is 0. The Morgan fingerprint density at radius 1 is 1.28 bits per heavy atom. The van der Waals surface area contributed by atoms with Gasteiger partial charge in [0.25, 0.3) is 0 Å². The molecular formula is C13H19NO3S. The predicted octanol–water partition coefficient (Wildman–Crippen LogP) is 2.22. The quantitative estimate of drug-likeness (QED) is 0.842. The summed E-state index contributed by atoms with van der Waals surface area (Å²) in [6.07, 6.45) is 2.50. The average Bonchev–Trinajstić information content (AvgIpc) is 2.41. The zero-order valence-electron chi connectivity index (χ0n) is 10.6. The van der Waals surface area contributed by atoms with Crippen molar-refractivity contribution in [3.8, 4) is 0 Å². The first-order valence-electron chi connectivity index (χ1n) is 6.34. The molecule has 1 aromatic rings. The molecular weight excluding hydrogens is 250 g/mol. The fourth-order valence-electron chi connectivity index (χ4n) is 2.21. The molecule has 0 spiro atoms. The van der Waals surface area contributed by atoms with E-state index in [2.05, 4.69) is 0 Å². The normalized spacial score (nSPS) is 21.1. The topological polar surface area (TPSA) is 46.6 Å². The van der Waals surface area contributed by atoms with E-state index >= 15 is 0 Å². The van der Waals surface area contributed by atoms with Gasteiger partial charge >= 0.3 is 0 Å². The highest BCUT2D eigenvalue weighted by molar-refractivity contribution is 7.89. The van der Waals surface area contributed by atoms with E-state index < -0.39 is 10.0 Å². The summed E-state index contributed by atoms with van der Waals surface area (Å²) in [6, 6.07) is 8.54. The van der Waals surface area contributed by atoms with Crippen LogP contribution in [0, 0.1) is 0 Å². The van der Waals surface area contributed by atoms with E-state index in [-0.39, 0.29) is 6.23 Å². The molecule has 0 radical (unpaired) electrons. The van der Waals surface area contributed by atoms with E-state index in [4.69, 9.17) is 4.74 Å². The van der Waals surface area contributed by atoms with E-state index in [9.17, 15) is 8.42 Å². The smallest absolute Gasteiger partial charge is 0.245 e. The van der Waals surface area contributed by atoms with Crippen LogP contribution in [0.25, 0.3) is 0 Å². The molecule has 1 atom stereocenters. The Hall–Kier alpha value is -0.910. The first-order valence-corrected chi connectivity index (χ1v) is 7.78. The third kappa shape index (κ3) is 2.74. The summed E-state index contributed by atoms with van der Waals surface area (Å²) in [7, 11) is -3.44. The lowest BCUT2D eigenvalue weighted by Crippen LogP contribution is -2.43. The van der Waals surface area contributed by atoms with Crippen molar-refractivity contribution in [1.82, 2.24) is 4.31 Å². The highest BCUT2D eigenvalue weighted by atomic mass is 32.2. The fraction of sp³-hybridized carbons (Fsp3) is 0.538. The van der Waals surface area contributed by atoms with E-state index in [0.29, 0.717) is 18.0 Å². The molecule has 0 aromatic heterocycles. The molecule has 5 heteroatoms. The largest absolute Gasteiger partial charge is 0.362 e. The molecule has 18 heavy (non-hydrogen) atoms. The van der Waals surface area contributed by atoms with Gasteiger partial charge in [0.2, 0.25) is 10.0 Å². The zero-order valence-corrected chi connectivity index (χ0v) is 11.4. The van der Waals surface area contributed by atoms with Crippen molar-refractivity contribution in [2.75, 3.05) is 13.2 Å². The lowest BCUT2D eigenvalue weighted by atomic mass is 10.2. The van der Waals surface area contributed by atoms with Gasteiger partial charge in [-0.2, -0.15) is 4.31 Å². The summed E-state index contributed by atoms with van der Waals surface area (Å²) >= 11 is 0. The SMILES string of the molecule is CCN(C1CCCCO1)S(=O)(=O)c1ccccc1. The molecule has 0 N–H and O–H groups in total. The number of benzene rings is 1. The van der Waals surface area contributed by atoms with Gasteiger partial charge in [0, 0.05) is 13.2 Å². The van der Waals surface area contributed by atoms with Gasteiger partial charge in [-0.25, -0.2) is 8.42 Å². The van der Waals surface area contributed by atoms with Crippen LogP contribution in [-0.4, -0.2) is 32.1 Å². The van der Waals surface area contributed by atoms with Crippen molar-refractivity contribution < 1.29 is 13.2 Å². The highest BCUT2D eigenvalue weighted by Gasteiger charge is 2.31. The van der Waals surface area contributed by atoms with Crippen LogP contribution in [0.5, 0.6) is 0 Å². The highest BCUT2D eigenvalue weighted by Crippen LogP contribution is 2.23. The predicted molar refractivity (Wildman–Crippen MR) is 69.6 cm³/mol. The second-order valence-corrected chi connectivity index (χ2v) is 6.23. The number of ether oxygens (including phenoxy) is 1. The number of nitrogens with zero attached hydrogens (tertiary/aromatic N) is 1. The molecule has 0 aliphatic carbocycles. The molecule has 1 aliphatic heterocycles. The van der Waals surface area contributed by atoms with Gasteiger partial charge in [0.1, 0.15) is 6.23 Å². The van der Waals surface area contributed by atoms with Gasteiger partial charge < -0.3 is 4.74 Å². The Kier molecular flexibility index (Phi) is 4.37. The summed E-state index contributed by atoms with van der Waals surface area (Å²) < 4.78 is 32.1. The lowest BCUT2D eigenvalue weighted by molar-refractivity contribution is -0.0480. The monoisotopic (exact) mass is 269 g/mol. The van der Waals surface area contributed by atoms with Crippen LogP contribution in [0.4, 0.5) is 0 Å². The van der Waals surface area contributed by atoms with E-state index in [0.717, 1.165) is 19.3 Å². The Morgan fingerprint density at radius 3 is 2.56 bits per heavy atom. The second-order valence-electron chi connectivity index (χ2n) is 4.34. The third-order valence-electron chi connectivity index (χ3n) is 3.14. The Morgan fingerprint density at radius 2 is 2.00 bits per heavy atom. The molecule has 100 valence electrons. The van der Waals surface area contributed by atoms with Crippen molar-refractivity contribution in [3.63, 3.8) is 0 Å². The van der Waals surface area contributed by atoms with Gasteiger partial charge in [-0.05, 0) is 31.4 Å². The molecule has 1 fully saturated rings. The minimum Gasteiger partial charge on any atom is -0.362 e. The van der Waals surface area contributed by atoms with E-state index in [1.54, 1.807) is 24.3 Å².